The van der Waals surface area contributed by atoms with Gasteiger partial charge in [0.1, 0.15) is 11.5 Å². The SMILES string of the molecule is COc1cccc(OC)c1C1CN(c2nc(-c3ccncc3)cc(=O)n2C)CCN1. The van der Waals surface area contributed by atoms with E-state index in [9.17, 15) is 4.79 Å². The van der Waals surface area contributed by atoms with Crippen molar-refractivity contribution in [3.8, 4) is 22.8 Å². The fourth-order valence-electron chi connectivity index (χ4n) is 3.83. The third kappa shape index (κ3) is 3.73. The van der Waals surface area contributed by atoms with E-state index in [0.717, 1.165) is 35.7 Å². The highest BCUT2D eigenvalue weighted by Crippen LogP contribution is 2.35. The molecule has 0 radical (unpaired) electrons. The first kappa shape index (κ1) is 19.9. The fourth-order valence-corrected chi connectivity index (χ4v) is 3.83. The lowest BCUT2D eigenvalue weighted by Gasteiger charge is -2.36. The van der Waals surface area contributed by atoms with Crippen molar-refractivity contribution in [2.24, 2.45) is 7.05 Å². The molecule has 0 saturated carbocycles. The van der Waals surface area contributed by atoms with Gasteiger partial charge in [0.2, 0.25) is 5.95 Å². The number of nitrogens with zero attached hydrogens (tertiary/aromatic N) is 4. The topological polar surface area (TPSA) is 81.5 Å². The highest BCUT2D eigenvalue weighted by Gasteiger charge is 2.28. The maximum Gasteiger partial charge on any atom is 0.255 e. The van der Waals surface area contributed by atoms with Gasteiger partial charge in [-0.3, -0.25) is 14.3 Å². The number of piperazine rings is 1. The Balaban J connectivity index is 1.71. The normalized spacial score (nSPS) is 16.4. The predicted octanol–water partition coefficient (Wildman–Crippen LogP) is 2.01. The predicted molar refractivity (Wildman–Crippen MR) is 115 cm³/mol. The van der Waals surface area contributed by atoms with Gasteiger partial charge in [-0.15, -0.1) is 0 Å². The molecule has 1 unspecified atom stereocenters. The summed E-state index contributed by atoms with van der Waals surface area (Å²) in [4.78, 5) is 23.6. The lowest BCUT2D eigenvalue weighted by atomic mass is 10.0. The summed E-state index contributed by atoms with van der Waals surface area (Å²) in [5, 5.41) is 3.54. The molecule has 2 aromatic heterocycles. The molecule has 1 aromatic carbocycles. The van der Waals surface area contributed by atoms with Crippen LogP contribution in [-0.4, -0.2) is 48.4 Å². The number of hydrogen-bond acceptors (Lipinski definition) is 7. The molecular formula is C22H25N5O3. The number of aromatic nitrogens is 3. The number of methoxy groups -OCH3 is 2. The van der Waals surface area contributed by atoms with Gasteiger partial charge in [0.15, 0.2) is 0 Å². The maximum atomic E-state index is 12.7. The molecule has 4 rings (SSSR count). The lowest BCUT2D eigenvalue weighted by molar-refractivity contribution is 0.362. The smallest absolute Gasteiger partial charge is 0.255 e. The summed E-state index contributed by atoms with van der Waals surface area (Å²) in [6, 6.07) is 11.0. The van der Waals surface area contributed by atoms with E-state index < -0.39 is 0 Å². The second kappa shape index (κ2) is 8.54. The van der Waals surface area contributed by atoms with Crippen LogP contribution < -0.4 is 25.2 Å². The molecule has 0 aliphatic carbocycles. The second-order valence-electron chi connectivity index (χ2n) is 7.10. The summed E-state index contributed by atoms with van der Waals surface area (Å²) in [5.74, 6) is 2.16. The van der Waals surface area contributed by atoms with Gasteiger partial charge < -0.3 is 19.7 Å². The molecule has 0 bridgehead atoms. The van der Waals surface area contributed by atoms with E-state index in [1.807, 2.05) is 30.3 Å². The molecule has 1 aliphatic rings. The van der Waals surface area contributed by atoms with Gasteiger partial charge in [0.05, 0.1) is 31.5 Å². The van der Waals surface area contributed by atoms with E-state index in [1.54, 1.807) is 44.3 Å². The van der Waals surface area contributed by atoms with Crippen molar-refractivity contribution < 1.29 is 9.47 Å². The van der Waals surface area contributed by atoms with Crippen molar-refractivity contribution >= 4 is 5.95 Å². The second-order valence-corrected chi connectivity index (χ2v) is 7.10. The van der Waals surface area contributed by atoms with Crippen LogP contribution in [0.25, 0.3) is 11.3 Å². The van der Waals surface area contributed by atoms with Crippen molar-refractivity contribution in [2.45, 2.75) is 6.04 Å². The standard InChI is InChI=1S/C22H25N5O3/c1-26-20(28)13-16(15-7-9-23-10-8-15)25-22(26)27-12-11-24-17(14-27)21-18(29-2)5-4-6-19(21)30-3/h4-10,13,17,24H,11-12,14H2,1-3H3. The number of benzene rings is 1. The minimum Gasteiger partial charge on any atom is -0.496 e. The summed E-state index contributed by atoms with van der Waals surface area (Å²) in [7, 11) is 5.06. The molecule has 3 aromatic rings. The summed E-state index contributed by atoms with van der Waals surface area (Å²) < 4.78 is 12.8. The van der Waals surface area contributed by atoms with E-state index in [2.05, 4.69) is 15.2 Å². The van der Waals surface area contributed by atoms with E-state index in [0.29, 0.717) is 18.2 Å². The maximum absolute atomic E-state index is 12.7. The molecule has 1 fully saturated rings. The lowest BCUT2D eigenvalue weighted by Crippen LogP contribution is -2.48. The van der Waals surface area contributed by atoms with Gasteiger partial charge in [-0.05, 0) is 24.3 Å². The summed E-state index contributed by atoms with van der Waals surface area (Å²) in [5.41, 5.74) is 2.36. The fraction of sp³-hybridized carbons (Fsp3) is 0.318. The van der Waals surface area contributed by atoms with E-state index in [1.165, 1.54) is 0 Å². The number of nitrogens with one attached hydrogen (secondary N) is 1. The minimum absolute atomic E-state index is 0.0358. The molecule has 0 spiro atoms. The average Bonchev–Trinajstić information content (AvgIpc) is 2.80. The molecule has 30 heavy (non-hydrogen) atoms. The first-order valence-electron chi connectivity index (χ1n) is 9.80. The van der Waals surface area contributed by atoms with Crippen LogP contribution in [0.2, 0.25) is 0 Å². The molecule has 1 saturated heterocycles. The van der Waals surface area contributed by atoms with E-state index in [-0.39, 0.29) is 11.6 Å². The third-order valence-electron chi connectivity index (χ3n) is 5.36. The largest absolute Gasteiger partial charge is 0.496 e. The Morgan fingerprint density at radius 3 is 2.47 bits per heavy atom. The van der Waals surface area contributed by atoms with Crippen LogP contribution in [0.4, 0.5) is 5.95 Å². The Bertz CT molecular complexity index is 1060. The number of anilines is 1. The van der Waals surface area contributed by atoms with E-state index >= 15 is 0 Å². The Morgan fingerprint density at radius 2 is 1.80 bits per heavy atom. The van der Waals surface area contributed by atoms with Crippen LogP contribution in [-0.2, 0) is 7.05 Å². The number of ether oxygens (including phenoxy) is 2. The van der Waals surface area contributed by atoms with Crippen molar-refractivity contribution in [1.29, 1.82) is 0 Å². The Hall–Kier alpha value is -3.39. The molecule has 8 nitrogen and oxygen atoms in total. The molecule has 156 valence electrons. The van der Waals surface area contributed by atoms with Crippen LogP contribution in [0, 0.1) is 0 Å². The molecule has 3 heterocycles. The zero-order valence-electron chi connectivity index (χ0n) is 17.3. The van der Waals surface area contributed by atoms with E-state index in [4.69, 9.17) is 14.5 Å². The van der Waals surface area contributed by atoms with Gasteiger partial charge in [0.25, 0.3) is 5.56 Å². The van der Waals surface area contributed by atoms with Crippen LogP contribution in [0.15, 0.2) is 53.6 Å². The van der Waals surface area contributed by atoms with Crippen LogP contribution in [0.1, 0.15) is 11.6 Å². The van der Waals surface area contributed by atoms with Gasteiger partial charge in [0, 0.05) is 50.7 Å². The third-order valence-corrected chi connectivity index (χ3v) is 5.36. The zero-order chi connectivity index (χ0) is 21.1. The molecule has 1 N–H and O–H groups in total. The van der Waals surface area contributed by atoms with Crippen molar-refractivity contribution in [2.75, 3.05) is 38.8 Å². The van der Waals surface area contributed by atoms with Crippen LogP contribution in [0.5, 0.6) is 11.5 Å². The van der Waals surface area contributed by atoms with Gasteiger partial charge in [-0.25, -0.2) is 4.98 Å². The van der Waals surface area contributed by atoms with Gasteiger partial charge >= 0.3 is 0 Å². The Labute approximate surface area is 175 Å². The van der Waals surface area contributed by atoms with Crippen LogP contribution >= 0.6 is 0 Å². The molecule has 1 aliphatic heterocycles. The molecule has 0 amide bonds. The average molecular weight is 407 g/mol. The van der Waals surface area contributed by atoms with Crippen LogP contribution in [0.3, 0.4) is 0 Å². The molecular weight excluding hydrogens is 382 g/mol. The first-order chi connectivity index (χ1) is 14.6. The minimum atomic E-state index is -0.100. The summed E-state index contributed by atoms with van der Waals surface area (Å²) >= 11 is 0. The van der Waals surface area contributed by atoms with Crippen molar-refractivity contribution in [3.05, 3.63) is 64.7 Å². The summed E-state index contributed by atoms with van der Waals surface area (Å²) in [6.07, 6.45) is 3.39. The quantitative estimate of drug-likeness (QED) is 0.693. The Morgan fingerprint density at radius 1 is 1.10 bits per heavy atom. The monoisotopic (exact) mass is 407 g/mol. The first-order valence-corrected chi connectivity index (χ1v) is 9.80. The molecule has 8 heteroatoms. The Kier molecular flexibility index (Phi) is 5.67. The highest BCUT2D eigenvalue weighted by molar-refractivity contribution is 5.59. The zero-order valence-corrected chi connectivity index (χ0v) is 17.3. The number of hydrogen-bond donors (Lipinski definition) is 1. The number of rotatable bonds is 5. The molecule has 1 atom stereocenters. The van der Waals surface area contributed by atoms with Gasteiger partial charge in [-0.2, -0.15) is 0 Å². The number of pyridine rings is 1. The van der Waals surface area contributed by atoms with Crippen molar-refractivity contribution in [1.82, 2.24) is 19.9 Å². The van der Waals surface area contributed by atoms with Crippen molar-refractivity contribution in [3.63, 3.8) is 0 Å². The highest BCUT2D eigenvalue weighted by atomic mass is 16.5. The van der Waals surface area contributed by atoms with Gasteiger partial charge in [-0.1, -0.05) is 6.07 Å². The summed E-state index contributed by atoms with van der Waals surface area (Å²) in [6.45, 7) is 2.09.